The number of piperidine rings is 1. The number of aromatic nitrogens is 1. The number of halogens is 5. The Morgan fingerprint density at radius 2 is 1.92 bits per heavy atom. The summed E-state index contributed by atoms with van der Waals surface area (Å²) in [5.41, 5.74) is 1.29. The van der Waals surface area contributed by atoms with E-state index in [4.69, 9.17) is 4.74 Å². The summed E-state index contributed by atoms with van der Waals surface area (Å²) in [7, 11) is 1.57. The normalized spacial score (nSPS) is 19.1. The minimum Gasteiger partial charge on any atom is -0.497 e. The van der Waals surface area contributed by atoms with Crippen molar-refractivity contribution in [2.45, 2.75) is 36.8 Å². The second kappa shape index (κ2) is 13.1. The Labute approximate surface area is 223 Å². The summed E-state index contributed by atoms with van der Waals surface area (Å²) < 4.78 is 74.8. The molecule has 4 rings (SSSR count). The van der Waals surface area contributed by atoms with Crippen LogP contribution in [-0.2, 0) is 0 Å². The first-order chi connectivity index (χ1) is 18.3. The van der Waals surface area contributed by atoms with Gasteiger partial charge in [0.05, 0.1) is 17.5 Å². The number of aliphatic hydroxyl groups is 1. The number of rotatable bonds is 11. The standard InChI is InChI=1S/C28H31F5N2O2S/c1-37-19-4-6-25-21(13-19)20(7-9-34-25)22(29)5-3-17-8-11-35(15-18(17)16-36)10-2-12-38-28-24(31)14-23(30)26(32)27(28)33/h4,6-7,9,13-14,17-18,22,36H,2-3,5,8,10-12,15-16H2,1H3/t17-,18-,22?/m1/s1. The molecular formula is C28H31F5N2O2S. The molecule has 4 nitrogen and oxygen atoms in total. The van der Waals surface area contributed by atoms with E-state index >= 15 is 4.39 Å². The van der Waals surface area contributed by atoms with E-state index in [1.807, 2.05) is 6.07 Å². The van der Waals surface area contributed by atoms with E-state index in [1.165, 1.54) is 0 Å². The Morgan fingerprint density at radius 3 is 2.68 bits per heavy atom. The van der Waals surface area contributed by atoms with Crippen LogP contribution in [0.5, 0.6) is 5.75 Å². The van der Waals surface area contributed by atoms with Crippen LogP contribution in [-0.4, -0.2) is 54.1 Å². The van der Waals surface area contributed by atoms with Crippen LogP contribution >= 0.6 is 11.8 Å². The van der Waals surface area contributed by atoms with E-state index < -0.39 is 34.3 Å². The van der Waals surface area contributed by atoms with Gasteiger partial charge in [-0.05, 0) is 86.2 Å². The topological polar surface area (TPSA) is 45.6 Å². The zero-order valence-corrected chi connectivity index (χ0v) is 21.9. The zero-order valence-electron chi connectivity index (χ0n) is 21.1. The highest BCUT2D eigenvalue weighted by molar-refractivity contribution is 7.99. The predicted octanol–water partition coefficient (Wildman–Crippen LogP) is 6.70. The Bertz CT molecular complexity index is 1250. The summed E-state index contributed by atoms with van der Waals surface area (Å²) in [6.07, 6.45) is 2.80. The number of hydrogen-bond acceptors (Lipinski definition) is 5. The molecule has 1 aliphatic heterocycles. The predicted molar refractivity (Wildman–Crippen MR) is 138 cm³/mol. The number of nitrogens with zero attached hydrogens (tertiary/aromatic N) is 2. The average Bonchev–Trinajstić information content (AvgIpc) is 2.93. The number of aliphatic hydroxyl groups excluding tert-OH is 1. The highest BCUT2D eigenvalue weighted by Gasteiger charge is 2.29. The minimum atomic E-state index is -1.67. The Balaban J connectivity index is 1.27. The van der Waals surface area contributed by atoms with Gasteiger partial charge in [0.25, 0.3) is 0 Å². The van der Waals surface area contributed by atoms with Crippen LogP contribution in [0.2, 0.25) is 0 Å². The molecule has 38 heavy (non-hydrogen) atoms. The minimum absolute atomic E-state index is 0.000959. The molecule has 1 unspecified atom stereocenters. The first kappa shape index (κ1) is 28.6. The summed E-state index contributed by atoms with van der Waals surface area (Å²) in [6.45, 7) is 2.05. The van der Waals surface area contributed by atoms with Crippen LogP contribution in [0, 0.1) is 35.1 Å². The van der Waals surface area contributed by atoms with Gasteiger partial charge in [0.2, 0.25) is 0 Å². The molecule has 0 bridgehead atoms. The lowest BCUT2D eigenvalue weighted by Gasteiger charge is -2.38. The molecule has 0 amide bonds. The molecular weight excluding hydrogens is 523 g/mol. The molecule has 0 spiro atoms. The van der Waals surface area contributed by atoms with E-state index in [1.54, 1.807) is 31.5 Å². The number of hydrogen-bond donors (Lipinski definition) is 1. The lowest BCUT2D eigenvalue weighted by atomic mass is 9.81. The summed E-state index contributed by atoms with van der Waals surface area (Å²) in [5, 5.41) is 10.7. The molecule has 1 fully saturated rings. The highest BCUT2D eigenvalue weighted by Crippen LogP contribution is 2.35. The van der Waals surface area contributed by atoms with Gasteiger partial charge in [-0.1, -0.05) is 0 Å². The fraction of sp³-hybridized carbons (Fsp3) is 0.464. The maximum absolute atomic E-state index is 15.4. The smallest absolute Gasteiger partial charge is 0.195 e. The Kier molecular flexibility index (Phi) is 9.84. The van der Waals surface area contributed by atoms with Crippen molar-refractivity contribution in [3.8, 4) is 5.75 Å². The molecule has 10 heteroatoms. The van der Waals surface area contributed by atoms with Crippen LogP contribution in [0.3, 0.4) is 0 Å². The molecule has 206 valence electrons. The second-order valence-electron chi connectivity index (χ2n) is 9.62. The number of likely N-dealkylation sites (tertiary alicyclic amines) is 1. The number of ether oxygens (including phenoxy) is 1. The molecule has 1 N–H and O–H groups in total. The van der Waals surface area contributed by atoms with Crippen molar-refractivity contribution >= 4 is 22.7 Å². The van der Waals surface area contributed by atoms with Gasteiger partial charge >= 0.3 is 0 Å². The summed E-state index contributed by atoms with van der Waals surface area (Å²) >= 11 is 0.818. The van der Waals surface area contributed by atoms with Gasteiger partial charge in [-0.25, -0.2) is 22.0 Å². The van der Waals surface area contributed by atoms with Crippen LogP contribution in [0.4, 0.5) is 22.0 Å². The third-order valence-electron chi connectivity index (χ3n) is 7.26. The molecule has 3 aromatic rings. The van der Waals surface area contributed by atoms with Crippen LogP contribution in [0.15, 0.2) is 41.4 Å². The van der Waals surface area contributed by atoms with E-state index in [0.717, 1.165) is 30.1 Å². The average molecular weight is 555 g/mol. The first-order valence-corrected chi connectivity index (χ1v) is 13.7. The molecule has 2 heterocycles. The number of methoxy groups -OCH3 is 1. The van der Waals surface area contributed by atoms with Crippen LogP contribution in [0.25, 0.3) is 10.9 Å². The number of thioether (sulfide) groups is 1. The van der Waals surface area contributed by atoms with Gasteiger partial charge in [-0.15, -0.1) is 11.8 Å². The monoisotopic (exact) mass is 554 g/mol. The van der Waals surface area contributed by atoms with Crippen molar-refractivity contribution in [3.05, 3.63) is 65.4 Å². The van der Waals surface area contributed by atoms with Crippen molar-refractivity contribution in [2.75, 3.05) is 39.1 Å². The third-order valence-corrected chi connectivity index (χ3v) is 8.41. The highest BCUT2D eigenvalue weighted by atomic mass is 32.2. The van der Waals surface area contributed by atoms with Gasteiger partial charge in [0, 0.05) is 30.8 Å². The number of fused-ring (bicyclic) bond motifs is 1. The van der Waals surface area contributed by atoms with E-state index in [2.05, 4.69) is 9.88 Å². The van der Waals surface area contributed by atoms with Crippen LogP contribution < -0.4 is 4.74 Å². The third kappa shape index (κ3) is 6.58. The maximum atomic E-state index is 15.4. The summed E-state index contributed by atoms with van der Waals surface area (Å²) in [6, 6.07) is 7.46. The molecule has 3 atom stereocenters. The Morgan fingerprint density at radius 1 is 1.11 bits per heavy atom. The van der Waals surface area contributed by atoms with Gasteiger partial charge < -0.3 is 14.7 Å². The summed E-state index contributed by atoms with van der Waals surface area (Å²) in [5.74, 6) is -4.68. The van der Waals surface area contributed by atoms with Gasteiger partial charge in [-0.3, -0.25) is 4.98 Å². The molecule has 0 saturated carbocycles. The van der Waals surface area contributed by atoms with Gasteiger partial charge in [-0.2, -0.15) is 0 Å². The van der Waals surface area contributed by atoms with Gasteiger partial charge in [0.1, 0.15) is 17.7 Å². The van der Waals surface area contributed by atoms with E-state index in [9.17, 15) is 22.7 Å². The van der Waals surface area contributed by atoms with Gasteiger partial charge in [0.15, 0.2) is 17.5 Å². The molecule has 0 aliphatic carbocycles. The maximum Gasteiger partial charge on any atom is 0.195 e. The molecule has 1 saturated heterocycles. The second-order valence-corrected chi connectivity index (χ2v) is 10.7. The lowest BCUT2D eigenvalue weighted by Crippen LogP contribution is -2.42. The van der Waals surface area contributed by atoms with Crippen molar-refractivity contribution < 1.29 is 31.8 Å². The zero-order chi connectivity index (χ0) is 27.2. The van der Waals surface area contributed by atoms with Crippen molar-refractivity contribution in [1.82, 2.24) is 9.88 Å². The molecule has 1 aliphatic rings. The molecule has 1 aromatic heterocycles. The SMILES string of the molecule is COc1ccc2nccc(C(F)CC[C@@H]3CCN(CCCSc4c(F)cc(F)c(F)c4F)C[C@@H]3CO)c2c1. The number of benzene rings is 2. The largest absolute Gasteiger partial charge is 0.497 e. The van der Waals surface area contributed by atoms with Crippen molar-refractivity contribution in [3.63, 3.8) is 0 Å². The van der Waals surface area contributed by atoms with E-state index in [-0.39, 0.29) is 18.4 Å². The molecule has 0 radical (unpaired) electrons. The molecule has 2 aromatic carbocycles. The number of pyridine rings is 1. The lowest BCUT2D eigenvalue weighted by molar-refractivity contribution is 0.0640. The quantitative estimate of drug-likeness (QED) is 0.0940. The number of alkyl halides is 1. The van der Waals surface area contributed by atoms with Crippen LogP contribution in [0.1, 0.15) is 37.4 Å². The van der Waals surface area contributed by atoms with Crippen molar-refractivity contribution in [1.29, 1.82) is 0 Å². The first-order valence-electron chi connectivity index (χ1n) is 12.7. The van der Waals surface area contributed by atoms with E-state index in [0.29, 0.717) is 61.0 Å². The fourth-order valence-corrected chi connectivity index (χ4v) is 6.04. The Hall–Kier alpha value is -2.43. The summed E-state index contributed by atoms with van der Waals surface area (Å²) in [4.78, 5) is 5.97. The fourth-order valence-electron chi connectivity index (χ4n) is 5.15. The van der Waals surface area contributed by atoms with Crippen molar-refractivity contribution in [2.24, 2.45) is 11.8 Å².